The first-order valence-electron chi connectivity index (χ1n) is 12.4. The lowest BCUT2D eigenvalue weighted by molar-refractivity contribution is -0.0475. The van der Waals surface area contributed by atoms with Gasteiger partial charge >= 0.3 is 7.23 Å². The highest BCUT2D eigenvalue weighted by Gasteiger charge is 2.55. The minimum Gasteiger partial charge on any atom is -0.387 e. The highest BCUT2D eigenvalue weighted by atomic mass is 32.7. The number of hydrogen-bond donors (Lipinski definition) is 6. The van der Waals surface area contributed by atoms with Gasteiger partial charge in [-0.1, -0.05) is 5.21 Å². The molecule has 2 saturated heterocycles. The number of fused-ring (bicyclic) bond motifs is 2. The van der Waals surface area contributed by atoms with Crippen LogP contribution in [0.15, 0.2) is 17.4 Å². The number of nitrogen functional groups attached to an aromatic ring is 2. The van der Waals surface area contributed by atoms with Crippen LogP contribution in [0, 0.1) is 0 Å². The molecule has 2 aliphatic rings. The minimum absolute atomic E-state index is 0.0109. The number of aromatic amines is 1. The van der Waals surface area contributed by atoms with Gasteiger partial charge in [-0.2, -0.15) is 9.67 Å². The van der Waals surface area contributed by atoms with Gasteiger partial charge in [0.05, 0.1) is 12.9 Å². The van der Waals surface area contributed by atoms with Gasteiger partial charge in [0, 0.05) is 0 Å². The number of aliphatic hydroxyl groups is 1. The third-order valence-electron chi connectivity index (χ3n) is 6.99. The molecule has 6 rings (SSSR count). The molecule has 0 radical (unpaired) electrons. The summed E-state index contributed by atoms with van der Waals surface area (Å²) in [5.41, 5.74) is 8.90. The van der Waals surface area contributed by atoms with Crippen molar-refractivity contribution in [1.82, 2.24) is 44.5 Å². The molecule has 4 aromatic heterocycles. The Balaban J connectivity index is 1.26. The van der Waals surface area contributed by atoms with Crippen molar-refractivity contribution in [2.45, 2.75) is 48.8 Å². The number of imidazole rings is 1. The maximum Gasteiger partial charge on any atom is 0.582 e. The van der Waals surface area contributed by atoms with Crippen LogP contribution in [0.3, 0.4) is 0 Å². The summed E-state index contributed by atoms with van der Waals surface area (Å²) in [5.74, 6) is -0.289. The molecule has 25 heteroatoms. The Hall–Kier alpha value is -2.85. The van der Waals surface area contributed by atoms with Crippen molar-refractivity contribution < 1.29 is 41.9 Å². The monoisotopic (exact) mass is 696 g/mol. The van der Waals surface area contributed by atoms with E-state index in [0.29, 0.717) is 0 Å². The summed E-state index contributed by atoms with van der Waals surface area (Å²) in [7, 11) is -2.44. The molecule has 236 valence electrons. The van der Waals surface area contributed by atoms with Crippen LogP contribution in [-0.4, -0.2) is 104 Å². The number of alkyl halides is 2. The lowest BCUT2D eigenvalue weighted by Gasteiger charge is -2.29. The van der Waals surface area contributed by atoms with Crippen molar-refractivity contribution in [2.75, 3.05) is 24.7 Å². The van der Waals surface area contributed by atoms with E-state index in [9.17, 15) is 19.4 Å². The Bertz CT molecular complexity index is 1850. The van der Waals surface area contributed by atoms with Gasteiger partial charge in [-0.05, 0) is 16.4 Å². The number of halogens is 2. The highest BCUT2D eigenvalue weighted by molar-refractivity contribution is 8.39. The maximum atomic E-state index is 15.9. The molecule has 0 spiro atoms. The molecule has 19 nitrogen and oxygen atoms in total. The SMILES string of the molecule is Nc1nc2c(ncn2[C@@H]2O[C@H](CO[P+](=O)S)[C@H](F)[C@H]2P(O)(=S)OC[C@H]2O[C@@H](n3nnc4c(N)ncnc43)[C@@H](F)[C@@H]2O)c(=O)[nH]1. The number of thiol groups is 1. The number of nitrogens with one attached hydrogen (secondary N) is 1. The largest absolute Gasteiger partial charge is 0.582 e. The van der Waals surface area contributed by atoms with Crippen molar-refractivity contribution in [3.05, 3.63) is 23.0 Å². The van der Waals surface area contributed by atoms with E-state index in [0.717, 1.165) is 21.9 Å². The number of ether oxygens (including phenoxy) is 2. The van der Waals surface area contributed by atoms with Crippen molar-refractivity contribution in [3.8, 4) is 0 Å². The Morgan fingerprint density at radius 1 is 1.14 bits per heavy atom. The van der Waals surface area contributed by atoms with E-state index in [-0.39, 0.29) is 34.1 Å². The average molecular weight is 697 g/mol. The van der Waals surface area contributed by atoms with E-state index in [1.54, 1.807) is 0 Å². The van der Waals surface area contributed by atoms with E-state index in [1.165, 1.54) is 0 Å². The van der Waals surface area contributed by atoms with Crippen molar-refractivity contribution >= 4 is 71.9 Å². The first-order chi connectivity index (χ1) is 20.9. The second-order valence-corrected chi connectivity index (χ2v) is 14.9. The molecule has 0 saturated carbocycles. The van der Waals surface area contributed by atoms with E-state index in [4.69, 9.17) is 41.8 Å². The van der Waals surface area contributed by atoms with Crippen LogP contribution in [-0.2, 0) is 34.9 Å². The zero-order valence-electron chi connectivity index (χ0n) is 21.8. The topological polar surface area (TPSA) is 267 Å². The molecule has 2 fully saturated rings. The summed E-state index contributed by atoms with van der Waals surface area (Å²) in [6.45, 7) is -5.54. The zero-order chi connectivity index (χ0) is 31.5. The molecular weight excluding hydrogens is 674 g/mol. The van der Waals surface area contributed by atoms with Gasteiger partial charge in [-0.25, -0.2) is 23.7 Å². The molecule has 0 aromatic carbocycles. The second-order valence-electron chi connectivity index (χ2n) is 9.63. The molecule has 0 bridgehead atoms. The lowest BCUT2D eigenvalue weighted by atomic mass is 10.1. The van der Waals surface area contributed by atoms with Gasteiger partial charge in [0.25, 0.3) is 5.56 Å². The fourth-order valence-electron chi connectivity index (χ4n) is 4.94. The van der Waals surface area contributed by atoms with Crippen LogP contribution in [0.2, 0.25) is 0 Å². The number of aromatic nitrogens is 9. The van der Waals surface area contributed by atoms with Crippen molar-refractivity contribution in [1.29, 1.82) is 0 Å². The predicted molar refractivity (Wildman–Crippen MR) is 152 cm³/mol. The maximum absolute atomic E-state index is 15.9. The van der Waals surface area contributed by atoms with Crippen LogP contribution < -0.4 is 17.0 Å². The fourth-order valence-corrected chi connectivity index (χ4v) is 7.88. The fraction of sp³-hybridized carbons (Fsp3) is 0.526. The Morgan fingerprint density at radius 3 is 2.64 bits per heavy atom. The molecule has 4 aromatic rings. The summed E-state index contributed by atoms with van der Waals surface area (Å²) in [6, 6.07) is 0. The molecule has 10 atom stereocenters. The molecule has 44 heavy (non-hydrogen) atoms. The second kappa shape index (κ2) is 11.8. The smallest absolute Gasteiger partial charge is 0.387 e. The Kier molecular flexibility index (Phi) is 8.37. The van der Waals surface area contributed by atoms with Crippen LogP contribution >= 0.6 is 26.0 Å². The normalized spacial score (nSPS) is 30.7. The molecule has 2 unspecified atom stereocenters. The van der Waals surface area contributed by atoms with Gasteiger partial charge < -0.3 is 35.5 Å². The first kappa shape index (κ1) is 31.1. The standard InChI is InChI=1S/C19H21F2N11O8P2S2/c20-7-5(1-37-41(35)43)39-18(31-4-26-10-15(31)27-19(23)28-16(10)34)12(7)42(36,44)38-2-6-11(33)8(21)17(40-6)32-14-9(29-30-32)13(22)24-3-25-14/h3-8,11-12,17-18,33H,1-2H2,(H6-,22,23,24,25,27,28,30,34,35,36,43,44)/p+1/t5-,6-,7+,8+,11-,12-,17-,18-,42?/m1/s1. The van der Waals surface area contributed by atoms with Gasteiger partial charge in [0.15, 0.2) is 53.3 Å². The summed E-state index contributed by atoms with van der Waals surface area (Å²) in [6.07, 6.45) is -9.58. The lowest BCUT2D eigenvalue weighted by Crippen LogP contribution is -2.34. The number of H-pyrrole nitrogens is 1. The Morgan fingerprint density at radius 2 is 1.89 bits per heavy atom. The average Bonchev–Trinajstić information content (AvgIpc) is 3.72. The minimum atomic E-state index is -4.30. The zero-order valence-corrected chi connectivity index (χ0v) is 25.3. The van der Waals surface area contributed by atoms with Gasteiger partial charge in [-0.3, -0.25) is 14.3 Å². The highest BCUT2D eigenvalue weighted by Crippen LogP contribution is 2.59. The number of rotatable bonds is 9. The molecule has 6 heterocycles. The number of nitrogens with two attached hydrogens (primary N) is 2. The first-order valence-corrected chi connectivity index (χ1v) is 17.5. The van der Waals surface area contributed by atoms with E-state index in [1.807, 2.05) is 0 Å². The van der Waals surface area contributed by atoms with E-state index >= 15 is 8.78 Å². The van der Waals surface area contributed by atoms with Gasteiger partial charge in [0.2, 0.25) is 5.95 Å². The van der Waals surface area contributed by atoms with Crippen molar-refractivity contribution in [2.24, 2.45) is 0 Å². The van der Waals surface area contributed by atoms with E-state index < -0.39 is 81.3 Å². The van der Waals surface area contributed by atoms with Crippen molar-refractivity contribution in [3.63, 3.8) is 0 Å². The number of nitrogens with zero attached hydrogens (tertiary/aromatic N) is 8. The molecule has 0 aliphatic carbocycles. The number of aliphatic hydroxyl groups excluding tert-OH is 1. The van der Waals surface area contributed by atoms with Crippen LogP contribution in [0.5, 0.6) is 0 Å². The molecular formula is C19H22F2N11O8P2S2+. The summed E-state index contributed by atoms with van der Waals surface area (Å²) in [4.78, 5) is 41.8. The van der Waals surface area contributed by atoms with Crippen LogP contribution in [0.4, 0.5) is 20.5 Å². The quantitative estimate of drug-likeness (QED) is 0.0963. The predicted octanol–water partition coefficient (Wildman–Crippen LogP) is -0.358. The molecule has 0 amide bonds. The third-order valence-corrected chi connectivity index (χ3v) is 10.6. The summed E-state index contributed by atoms with van der Waals surface area (Å²) < 4.78 is 66.6. The number of anilines is 2. The van der Waals surface area contributed by atoms with Gasteiger partial charge in [-0.15, -0.1) is 9.62 Å². The van der Waals surface area contributed by atoms with Crippen LogP contribution in [0.25, 0.3) is 22.3 Å². The van der Waals surface area contributed by atoms with Gasteiger partial charge in [0.1, 0.15) is 55.3 Å². The molecule has 2 aliphatic heterocycles. The summed E-state index contributed by atoms with van der Waals surface area (Å²) >= 11 is 9.00. The third kappa shape index (κ3) is 5.46. The van der Waals surface area contributed by atoms with E-state index in [2.05, 4.69) is 47.5 Å². The van der Waals surface area contributed by atoms with Crippen LogP contribution in [0.1, 0.15) is 12.5 Å². The number of hydrogen-bond acceptors (Lipinski definition) is 16. The Labute approximate surface area is 254 Å². The summed E-state index contributed by atoms with van der Waals surface area (Å²) in [5, 5.41) is 18.2. The molecule has 7 N–H and O–H groups in total.